The highest BCUT2D eigenvalue weighted by atomic mass is 19.1. The Hall–Kier alpha value is -4.18. The number of hydrogen-bond acceptors (Lipinski definition) is 6. The van der Waals surface area contributed by atoms with E-state index in [9.17, 15) is 23.9 Å². The second kappa shape index (κ2) is 12.4. The Kier molecular flexibility index (Phi) is 8.68. The second-order valence-corrected chi connectivity index (χ2v) is 14.9. The van der Waals surface area contributed by atoms with Crippen LogP contribution >= 0.6 is 0 Å². The summed E-state index contributed by atoms with van der Waals surface area (Å²) in [6.45, 7) is 8.50. The van der Waals surface area contributed by atoms with E-state index < -0.39 is 5.60 Å². The number of carbonyl (C=O) groups is 2. The van der Waals surface area contributed by atoms with Crippen LogP contribution in [0, 0.1) is 25.1 Å². The lowest BCUT2D eigenvalue weighted by atomic mass is 9.64. The van der Waals surface area contributed by atoms with Crippen LogP contribution in [0.15, 0.2) is 47.4 Å². The summed E-state index contributed by atoms with van der Waals surface area (Å²) in [6, 6.07) is 9.77. The number of amides is 2. The van der Waals surface area contributed by atoms with Gasteiger partial charge in [0.15, 0.2) is 0 Å². The van der Waals surface area contributed by atoms with Gasteiger partial charge in [0.2, 0.25) is 11.8 Å². The number of pyridine rings is 1. The molecular weight excluding hydrogens is 613 g/mol. The lowest BCUT2D eigenvalue weighted by Crippen LogP contribution is -2.60. The van der Waals surface area contributed by atoms with Crippen molar-refractivity contribution in [1.82, 2.24) is 15.2 Å². The number of aliphatic hydroxyl groups is 1. The Labute approximate surface area is 280 Å². The van der Waals surface area contributed by atoms with Gasteiger partial charge in [0.1, 0.15) is 23.1 Å². The van der Waals surface area contributed by atoms with Crippen LogP contribution in [0.3, 0.4) is 0 Å². The number of aryl methyl sites for hydroxylation is 3. The van der Waals surface area contributed by atoms with Gasteiger partial charge >= 0.3 is 0 Å². The van der Waals surface area contributed by atoms with Gasteiger partial charge in [0.25, 0.3) is 5.56 Å². The summed E-state index contributed by atoms with van der Waals surface area (Å²) < 4.78 is 28.6. The molecule has 0 unspecified atom stereocenters. The van der Waals surface area contributed by atoms with E-state index in [-0.39, 0.29) is 46.3 Å². The van der Waals surface area contributed by atoms with Crippen LogP contribution in [0.4, 0.5) is 4.39 Å². The standard InChI is InChI=1S/C38H46FN3O6/c1-22-15-26(39)16-23(2)34(22)48-31-12-7-25(36(4,5)46)17-29(31)30-19-42(6)33(44)18-32(30)47-28-10-8-27(9-11-28)40-35(45)37-13-14-38(20-37,21-37)41-24(3)43/h7,12,15-19,27-28,46H,8-11,13-14,20-21H2,1-6H3,(H,40,45)(H,41,43)/t27-,28-,37?,38?. The number of nitrogens with one attached hydrogen (secondary N) is 2. The summed E-state index contributed by atoms with van der Waals surface area (Å²) in [5.41, 5.74) is 1.20. The van der Waals surface area contributed by atoms with E-state index in [1.807, 2.05) is 6.07 Å². The fraction of sp³-hybridized carbons (Fsp3) is 0.500. The summed E-state index contributed by atoms with van der Waals surface area (Å²) in [4.78, 5) is 37.9. The SMILES string of the molecule is CC(=O)NC12CCC(C(=O)N[C@H]3CC[C@H](Oc4cc(=O)n(C)cc4-c4cc(C(C)(C)O)ccc4Oc4c(C)cc(F)cc4C)CC3)(C1)C2. The molecule has 7 rings (SSSR count). The lowest BCUT2D eigenvalue weighted by molar-refractivity contribution is -0.139. The van der Waals surface area contributed by atoms with Gasteiger partial charge in [-0.3, -0.25) is 14.4 Å². The Morgan fingerprint density at radius 3 is 2.27 bits per heavy atom. The molecule has 4 aliphatic rings. The Balaban J connectivity index is 1.21. The minimum absolute atomic E-state index is 0.0388. The molecule has 3 N–H and O–H groups in total. The van der Waals surface area contributed by atoms with Crippen LogP contribution in [0.25, 0.3) is 11.1 Å². The molecule has 0 spiro atoms. The number of benzene rings is 2. The molecule has 3 aromatic rings. The maximum atomic E-state index is 14.1. The van der Waals surface area contributed by atoms with Gasteiger partial charge in [-0.05, 0) is 120 Å². The predicted octanol–water partition coefficient (Wildman–Crippen LogP) is 6.08. The first-order valence-electron chi connectivity index (χ1n) is 16.9. The van der Waals surface area contributed by atoms with E-state index in [0.29, 0.717) is 70.7 Å². The molecule has 48 heavy (non-hydrogen) atoms. The zero-order chi connectivity index (χ0) is 34.6. The van der Waals surface area contributed by atoms with E-state index >= 15 is 0 Å². The summed E-state index contributed by atoms with van der Waals surface area (Å²) in [7, 11) is 1.67. The molecule has 0 atom stereocenters. The molecule has 4 fully saturated rings. The molecule has 4 aliphatic carbocycles. The highest BCUT2D eigenvalue weighted by molar-refractivity contribution is 5.86. The summed E-state index contributed by atoms with van der Waals surface area (Å²) in [5, 5.41) is 17.2. The number of hydrogen-bond donors (Lipinski definition) is 3. The van der Waals surface area contributed by atoms with Gasteiger partial charge in [-0.1, -0.05) is 6.07 Å². The normalized spacial score (nSPS) is 24.8. The van der Waals surface area contributed by atoms with Gasteiger partial charge in [0, 0.05) is 48.9 Å². The van der Waals surface area contributed by atoms with E-state index in [2.05, 4.69) is 10.6 Å². The van der Waals surface area contributed by atoms with E-state index in [4.69, 9.17) is 9.47 Å². The van der Waals surface area contributed by atoms with E-state index in [1.165, 1.54) is 29.7 Å². The van der Waals surface area contributed by atoms with E-state index in [0.717, 1.165) is 25.7 Å². The fourth-order valence-electron chi connectivity index (χ4n) is 8.01. The maximum absolute atomic E-state index is 14.1. The predicted molar refractivity (Wildman–Crippen MR) is 181 cm³/mol. The molecule has 0 aliphatic heterocycles. The number of carbonyl (C=O) groups excluding carboxylic acids is 2. The topological polar surface area (TPSA) is 119 Å². The quantitative estimate of drug-likeness (QED) is 0.256. The first-order valence-corrected chi connectivity index (χ1v) is 16.9. The van der Waals surface area contributed by atoms with Crippen molar-refractivity contribution < 1.29 is 28.6 Å². The smallest absolute Gasteiger partial charge is 0.254 e. The first kappa shape index (κ1) is 33.7. The van der Waals surface area contributed by atoms with Gasteiger partial charge < -0.3 is 29.8 Å². The highest BCUT2D eigenvalue weighted by Crippen LogP contribution is 2.61. The number of fused-ring (bicyclic) bond motifs is 1. The number of aromatic nitrogens is 1. The van der Waals surface area contributed by atoms with Crippen molar-refractivity contribution in [3.63, 3.8) is 0 Å². The van der Waals surface area contributed by atoms with Crippen LogP contribution in [0.2, 0.25) is 0 Å². The lowest BCUT2D eigenvalue weighted by Gasteiger charge is -2.47. The minimum atomic E-state index is -1.15. The van der Waals surface area contributed by atoms with Gasteiger partial charge in [-0.15, -0.1) is 0 Å². The maximum Gasteiger partial charge on any atom is 0.254 e. The number of halogens is 1. The van der Waals surface area contributed by atoms with Crippen LogP contribution in [-0.4, -0.2) is 39.2 Å². The van der Waals surface area contributed by atoms with Gasteiger partial charge in [-0.25, -0.2) is 4.39 Å². The molecule has 2 amide bonds. The molecule has 1 heterocycles. The zero-order valence-electron chi connectivity index (χ0n) is 28.7. The fourth-order valence-corrected chi connectivity index (χ4v) is 8.01. The van der Waals surface area contributed by atoms with Crippen molar-refractivity contribution in [1.29, 1.82) is 0 Å². The third kappa shape index (κ3) is 6.59. The number of nitrogens with zero attached hydrogens (tertiary/aromatic N) is 1. The molecule has 2 aromatic carbocycles. The molecule has 10 heteroatoms. The second-order valence-electron chi connectivity index (χ2n) is 14.9. The molecule has 9 nitrogen and oxygen atoms in total. The minimum Gasteiger partial charge on any atom is -0.490 e. The summed E-state index contributed by atoms with van der Waals surface area (Å²) in [5.74, 6) is 1.11. The third-order valence-electron chi connectivity index (χ3n) is 10.5. The van der Waals surface area contributed by atoms with Crippen LogP contribution < -0.4 is 25.7 Å². The highest BCUT2D eigenvalue weighted by Gasteiger charge is 2.64. The molecule has 1 aromatic heterocycles. The first-order chi connectivity index (χ1) is 22.6. The molecule has 4 saturated carbocycles. The molecular formula is C38H46FN3O6. The average molecular weight is 660 g/mol. The van der Waals surface area contributed by atoms with Crippen molar-refractivity contribution in [2.24, 2.45) is 12.5 Å². The zero-order valence-corrected chi connectivity index (χ0v) is 28.7. The van der Waals surface area contributed by atoms with Crippen molar-refractivity contribution in [2.45, 2.75) is 109 Å². The van der Waals surface area contributed by atoms with Crippen LogP contribution in [-0.2, 0) is 22.2 Å². The largest absolute Gasteiger partial charge is 0.490 e. The number of ether oxygens (including phenoxy) is 2. The monoisotopic (exact) mass is 659 g/mol. The summed E-state index contributed by atoms with van der Waals surface area (Å²) >= 11 is 0. The molecule has 0 saturated heterocycles. The van der Waals surface area contributed by atoms with Crippen molar-refractivity contribution in [3.05, 3.63) is 75.5 Å². The molecule has 256 valence electrons. The third-order valence-corrected chi connectivity index (χ3v) is 10.5. The number of rotatable bonds is 9. The van der Waals surface area contributed by atoms with Crippen molar-refractivity contribution in [2.75, 3.05) is 0 Å². The Morgan fingerprint density at radius 1 is 0.979 bits per heavy atom. The van der Waals surface area contributed by atoms with Crippen LogP contribution in [0.5, 0.6) is 17.2 Å². The molecule has 0 radical (unpaired) electrons. The average Bonchev–Trinajstić information content (AvgIpc) is 3.54. The van der Waals surface area contributed by atoms with Gasteiger partial charge in [-0.2, -0.15) is 0 Å². The van der Waals surface area contributed by atoms with Crippen LogP contribution in [0.1, 0.15) is 88.8 Å². The van der Waals surface area contributed by atoms with E-state index in [1.54, 1.807) is 53.1 Å². The van der Waals surface area contributed by atoms with Crippen molar-refractivity contribution in [3.8, 4) is 28.4 Å². The summed E-state index contributed by atoms with van der Waals surface area (Å²) in [6.07, 6.45) is 7.47. The Bertz CT molecular complexity index is 1790. The van der Waals surface area contributed by atoms with Crippen molar-refractivity contribution >= 4 is 11.8 Å². The molecule has 2 bridgehead atoms. The van der Waals surface area contributed by atoms with Gasteiger partial charge in [0.05, 0.1) is 17.1 Å². The Morgan fingerprint density at radius 2 is 1.65 bits per heavy atom.